The molecule has 2 aromatic heterocycles. The third-order valence-corrected chi connectivity index (χ3v) is 5.89. The number of nitrogens with zero attached hydrogens (tertiary/aromatic N) is 2. The number of nitrogens with one attached hydrogen (secondary N) is 1. The van der Waals surface area contributed by atoms with Crippen LogP contribution in [0.4, 0.5) is 0 Å². The number of hydrogen-bond donors (Lipinski definition) is 1. The van der Waals surface area contributed by atoms with Gasteiger partial charge in [-0.2, -0.15) is 0 Å². The topological polar surface area (TPSA) is 65.4 Å². The second-order valence-electron chi connectivity index (χ2n) is 7.16. The predicted molar refractivity (Wildman–Crippen MR) is 123 cm³/mol. The van der Waals surface area contributed by atoms with Crippen molar-refractivity contribution < 1.29 is 14.3 Å². The highest BCUT2D eigenvalue weighted by Gasteiger charge is 2.19. The van der Waals surface area contributed by atoms with E-state index in [0.29, 0.717) is 11.5 Å². The zero-order valence-corrected chi connectivity index (χ0v) is 18.4. The quantitative estimate of drug-likeness (QED) is 0.373. The Morgan fingerprint density at radius 3 is 2.61 bits per heavy atom. The Kier molecular flexibility index (Phi) is 6.52. The van der Waals surface area contributed by atoms with Gasteiger partial charge in [0.15, 0.2) is 0 Å². The minimum Gasteiger partial charge on any atom is -0.497 e. The number of amides is 1. The molecule has 31 heavy (non-hydrogen) atoms. The lowest BCUT2D eigenvalue weighted by Gasteiger charge is -2.16. The lowest BCUT2D eigenvalue weighted by Crippen LogP contribution is -2.28. The van der Waals surface area contributed by atoms with Crippen LogP contribution in [-0.4, -0.2) is 29.2 Å². The van der Waals surface area contributed by atoms with Crippen molar-refractivity contribution in [3.63, 3.8) is 0 Å². The van der Waals surface area contributed by atoms with Gasteiger partial charge in [0.05, 0.1) is 35.7 Å². The van der Waals surface area contributed by atoms with Crippen molar-refractivity contribution >= 4 is 28.3 Å². The van der Waals surface area contributed by atoms with Crippen LogP contribution in [0.3, 0.4) is 0 Å². The monoisotopic (exact) mass is 435 g/mol. The molecule has 4 aromatic rings. The summed E-state index contributed by atoms with van der Waals surface area (Å²) < 4.78 is 13.2. The Balaban J connectivity index is 1.45. The normalized spacial score (nSPS) is 11.9. The number of benzene rings is 2. The van der Waals surface area contributed by atoms with Crippen molar-refractivity contribution in [3.8, 4) is 11.5 Å². The molecule has 1 atom stereocenters. The van der Waals surface area contributed by atoms with E-state index in [1.807, 2.05) is 66.9 Å². The summed E-state index contributed by atoms with van der Waals surface area (Å²) >= 11 is 1.43. The van der Waals surface area contributed by atoms with E-state index in [9.17, 15) is 4.79 Å². The number of imidazole rings is 1. The van der Waals surface area contributed by atoms with E-state index < -0.39 is 0 Å². The molecule has 0 radical (unpaired) electrons. The van der Waals surface area contributed by atoms with Crippen molar-refractivity contribution in [1.82, 2.24) is 14.9 Å². The number of fused-ring (bicyclic) bond motifs is 1. The summed E-state index contributed by atoms with van der Waals surface area (Å²) in [4.78, 5) is 18.0. The summed E-state index contributed by atoms with van der Waals surface area (Å²) in [5.74, 6) is 2.38. The standard InChI is InChI=1S/C24H25N3O3S/c1-17(25-24(28)22-9-5-16-31-22)23-26-20-7-3-4-8-21(20)27(23)14-6-15-30-19-12-10-18(29-2)11-13-19/h3-5,7-13,16-17H,6,14-15H2,1-2H3,(H,25,28). The highest BCUT2D eigenvalue weighted by Crippen LogP contribution is 2.22. The summed E-state index contributed by atoms with van der Waals surface area (Å²) in [6, 6.07) is 19.1. The van der Waals surface area contributed by atoms with E-state index in [4.69, 9.17) is 14.5 Å². The van der Waals surface area contributed by atoms with Gasteiger partial charge in [-0.25, -0.2) is 4.98 Å². The number of rotatable bonds is 9. The Hall–Kier alpha value is -3.32. The van der Waals surface area contributed by atoms with Crippen LogP contribution in [0.2, 0.25) is 0 Å². The van der Waals surface area contributed by atoms with Gasteiger partial charge in [0.25, 0.3) is 5.91 Å². The van der Waals surface area contributed by atoms with Gasteiger partial charge in [-0.1, -0.05) is 18.2 Å². The zero-order valence-electron chi connectivity index (χ0n) is 17.6. The van der Waals surface area contributed by atoms with Crippen molar-refractivity contribution in [2.24, 2.45) is 0 Å². The van der Waals surface area contributed by atoms with Gasteiger partial charge >= 0.3 is 0 Å². The number of thiophene rings is 1. The second kappa shape index (κ2) is 9.66. The first-order valence-electron chi connectivity index (χ1n) is 10.2. The smallest absolute Gasteiger partial charge is 0.261 e. The number of aromatic nitrogens is 2. The Bertz CT molecular complexity index is 1140. The molecule has 2 heterocycles. The van der Waals surface area contributed by atoms with Gasteiger partial charge in [-0.15, -0.1) is 11.3 Å². The maximum atomic E-state index is 12.5. The molecule has 2 aromatic carbocycles. The van der Waals surface area contributed by atoms with Crippen molar-refractivity contribution in [3.05, 3.63) is 76.7 Å². The van der Waals surface area contributed by atoms with Crippen LogP contribution in [0.25, 0.3) is 11.0 Å². The lowest BCUT2D eigenvalue weighted by molar-refractivity contribution is 0.0941. The molecule has 0 aliphatic rings. The molecule has 0 spiro atoms. The zero-order chi connectivity index (χ0) is 21.6. The van der Waals surface area contributed by atoms with E-state index >= 15 is 0 Å². The SMILES string of the molecule is COc1ccc(OCCCn2c(C(C)NC(=O)c3cccs3)nc3ccccc32)cc1. The molecular weight excluding hydrogens is 410 g/mol. The molecule has 7 heteroatoms. The number of carbonyl (C=O) groups excluding carboxylic acids is 1. The van der Waals surface area contributed by atoms with Crippen LogP contribution >= 0.6 is 11.3 Å². The van der Waals surface area contributed by atoms with E-state index in [-0.39, 0.29) is 11.9 Å². The molecule has 0 bridgehead atoms. The van der Waals surface area contributed by atoms with Crippen LogP contribution in [0.15, 0.2) is 66.0 Å². The number of methoxy groups -OCH3 is 1. The van der Waals surface area contributed by atoms with Crippen molar-refractivity contribution in [1.29, 1.82) is 0 Å². The molecule has 0 aliphatic carbocycles. The summed E-state index contributed by atoms with van der Waals surface area (Å²) in [7, 11) is 1.65. The van der Waals surface area contributed by atoms with Gasteiger partial charge in [0, 0.05) is 6.54 Å². The average Bonchev–Trinajstić information content (AvgIpc) is 3.46. The number of aryl methyl sites for hydroxylation is 1. The number of carbonyl (C=O) groups is 1. The van der Waals surface area contributed by atoms with Gasteiger partial charge in [0.1, 0.15) is 17.3 Å². The summed E-state index contributed by atoms with van der Waals surface area (Å²) in [5, 5.41) is 4.97. The Labute approximate surface area is 185 Å². The van der Waals surface area contributed by atoms with Crippen LogP contribution in [-0.2, 0) is 6.54 Å². The fraction of sp³-hybridized carbons (Fsp3) is 0.250. The molecule has 6 nitrogen and oxygen atoms in total. The van der Waals surface area contributed by atoms with Gasteiger partial charge in [-0.3, -0.25) is 4.79 Å². The molecule has 0 saturated heterocycles. The summed E-state index contributed by atoms with van der Waals surface area (Å²) in [5.41, 5.74) is 1.98. The predicted octanol–water partition coefficient (Wildman–Crippen LogP) is 5.07. The maximum Gasteiger partial charge on any atom is 0.261 e. The first-order valence-corrected chi connectivity index (χ1v) is 11.1. The van der Waals surface area contributed by atoms with Crippen molar-refractivity contribution in [2.75, 3.05) is 13.7 Å². The van der Waals surface area contributed by atoms with Crippen LogP contribution in [0, 0.1) is 0 Å². The maximum absolute atomic E-state index is 12.5. The third kappa shape index (κ3) is 4.88. The number of ether oxygens (including phenoxy) is 2. The van der Waals surface area contributed by atoms with Gasteiger partial charge in [-0.05, 0) is 61.2 Å². The summed E-state index contributed by atoms with van der Waals surface area (Å²) in [6.07, 6.45) is 0.810. The molecule has 0 fully saturated rings. The number of hydrogen-bond acceptors (Lipinski definition) is 5. The van der Waals surface area contributed by atoms with Crippen LogP contribution < -0.4 is 14.8 Å². The molecule has 1 amide bonds. The van der Waals surface area contributed by atoms with Gasteiger partial charge < -0.3 is 19.4 Å². The molecule has 4 rings (SSSR count). The highest BCUT2D eigenvalue weighted by molar-refractivity contribution is 7.12. The second-order valence-corrected chi connectivity index (χ2v) is 8.11. The van der Waals surface area contributed by atoms with E-state index in [1.54, 1.807) is 7.11 Å². The van der Waals surface area contributed by atoms with Gasteiger partial charge in [0.2, 0.25) is 0 Å². The first-order chi connectivity index (χ1) is 15.2. The largest absolute Gasteiger partial charge is 0.497 e. The molecule has 1 unspecified atom stereocenters. The molecule has 160 valence electrons. The van der Waals surface area contributed by atoms with Crippen LogP contribution in [0.1, 0.15) is 34.9 Å². The Morgan fingerprint density at radius 2 is 1.87 bits per heavy atom. The molecule has 1 N–H and O–H groups in total. The minimum absolute atomic E-state index is 0.0797. The fourth-order valence-corrected chi connectivity index (χ4v) is 4.11. The number of para-hydroxylation sites is 2. The van der Waals surface area contributed by atoms with E-state index in [0.717, 1.165) is 41.3 Å². The lowest BCUT2D eigenvalue weighted by atomic mass is 10.2. The minimum atomic E-state index is -0.218. The van der Waals surface area contributed by atoms with Crippen LogP contribution in [0.5, 0.6) is 11.5 Å². The Morgan fingerprint density at radius 1 is 1.10 bits per heavy atom. The highest BCUT2D eigenvalue weighted by atomic mass is 32.1. The summed E-state index contributed by atoms with van der Waals surface area (Å²) in [6.45, 7) is 3.29. The van der Waals surface area contributed by atoms with Crippen molar-refractivity contribution in [2.45, 2.75) is 25.9 Å². The average molecular weight is 436 g/mol. The molecule has 0 saturated carbocycles. The molecular formula is C24H25N3O3S. The third-order valence-electron chi connectivity index (χ3n) is 5.02. The van der Waals surface area contributed by atoms with E-state index in [1.165, 1.54) is 11.3 Å². The molecule has 0 aliphatic heterocycles. The first kappa shape index (κ1) is 20.9. The van der Waals surface area contributed by atoms with E-state index in [2.05, 4.69) is 16.0 Å². The fourth-order valence-electron chi connectivity index (χ4n) is 3.48.